The molecule has 1 heterocycles. The number of aryl methyl sites for hydroxylation is 1. The van der Waals surface area contributed by atoms with Gasteiger partial charge in [0, 0.05) is 21.4 Å². The summed E-state index contributed by atoms with van der Waals surface area (Å²) in [7, 11) is 0. The summed E-state index contributed by atoms with van der Waals surface area (Å²) in [6.07, 6.45) is 3.24. The van der Waals surface area contributed by atoms with Crippen molar-refractivity contribution < 1.29 is 19.0 Å². The van der Waals surface area contributed by atoms with Gasteiger partial charge in [-0.2, -0.15) is 0 Å². The average Bonchev–Trinajstić information content (AvgIpc) is 2.92. The number of para-hydroxylation sites is 1. The van der Waals surface area contributed by atoms with Crippen LogP contribution in [0.2, 0.25) is 0 Å². The number of ether oxygens (including phenoxy) is 1. The standard InChI is InChI=1S/C16H15FO3S/c1-2-12-7-8-13(21-12)10-20-16-11(6-9-15(18)19)4-3-5-14(16)17/h3-9H,2,10H2,1H3,(H,18,19)/b9-6+. The molecule has 0 aliphatic heterocycles. The molecule has 0 atom stereocenters. The maximum atomic E-state index is 13.8. The van der Waals surface area contributed by atoms with E-state index in [2.05, 4.69) is 6.92 Å². The van der Waals surface area contributed by atoms with E-state index in [0.29, 0.717) is 5.56 Å². The number of carbonyl (C=O) groups is 1. The molecule has 2 aromatic rings. The number of halogens is 1. The van der Waals surface area contributed by atoms with Gasteiger partial charge in [-0.15, -0.1) is 11.3 Å². The van der Waals surface area contributed by atoms with Crippen LogP contribution in [0.3, 0.4) is 0 Å². The molecule has 0 spiro atoms. The van der Waals surface area contributed by atoms with Crippen LogP contribution < -0.4 is 4.74 Å². The molecule has 0 fully saturated rings. The zero-order valence-electron chi connectivity index (χ0n) is 11.5. The molecule has 0 radical (unpaired) electrons. The first kappa shape index (κ1) is 15.3. The lowest BCUT2D eigenvalue weighted by atomic mass is 10.2. The number of hydrogen-bond donors (Lipinski definition) is 1. The first-order valence-corrected chi connectivity index (χ1v) is 7.31. The molecular formula is C16H15FO3S. The van der Waals surface area contributed by atoms with Gasteiger partial charge in [0.2, 0.25) is 0 Å². The van der Waals surface area contributed by atoms with Gasteiger partial charge in [-0.3, -0.25) is 0 Å². The molecule has 21 heavy (non-hydrogen) atoms. The van der Waals surface area contributed by atoms with Gasteiger partial charge in [0.1, 0.15) is 6.61 Å². The first-order valence-electron chi connectivity index (χ1n) is 6.50. The minimum atomic E-state index is -1.09. The Hall–Kier alpha value is -2.14. The smallest absolute Gasteiger partial charge is 0.328 e. The third-order valence-electron chi connectivity index (χ3n) is 2.83. The van der Waals surface area contributed by atoms with Crippen molar-refractivity contribution in [1.29, 1.82) is 0 Å². The Morgan fingerprint density at radius 2 is 2.10 bits per heavy atom. The van der Waals surface area contributed by atoms with E-state index < -0.39 is 11.8 Å². The van der Waals surface area contributed by atoms with Crippen molar-refractivity contribution in [3.8, 4) is 5.75 Å². The van der Waals surface area contributed by atoms with E-state index >= 15 is 0 Å². The summed E-state index contributed by atoms with van der Waals surface area (Å²) in [6, 6.07) is 8.40. The fourth-order valence-electron chi connectivity index (χ4n) is 1.80. The van der Waals surface area contributed by atoms with Crippen LogP contribution in [0.15, 0.2) is 36.4 Å². The lowest BCUT2D eigenvalue weighted by Gasteiger charge is -2.09. The van der Waals surface area contributed by atoms with E-state index in [-0.39, 0.29) is 12.4 Å². The van der Waals surface area contributed by atoms with Gasteiger partial charge in [0.25, 0.3) is 0 Å². The number of rotatable bonds is 6. The molecule has 1 N–H and O–H groups in total. The number of hydrogen-bond acceptors (Lipinski definition) is 3. The van der Waals surface area contributed by atoms with Crippen LogP contribution in [0, 0.1) is 5.82 Å². The molecule has 0 aliphatic carbocycles. The summed E-state index contributed by atoms with van der Waals surface area (Å²) in [5, 5.41) is 8.65. The van der Waals surface area contributed by atoms with E-state index in [9.17, 15) is 9.18 Å². The second-order valence-corrected chi connectivity index (χ2v) is 5.59. The van der Waals surface area contributed by atoms with Crippen molar-refractivity contribution in [2.45, 2.75) is 20.0 Å². The Morgan fingerprint density at radius 3 is 2.76 bits per heavy atom. The third-order valence-corrected chi connectivity index (χ3v) is 4.03. The Bertz CT molecular complexity index is 661. The molecule has 0 amide bonds. The van der Waals surface area contributed by atoms with E-state index in [1.807, 2.05) is 12.1 Å². The Morgan fingerprint density at radius 1 is 1.33 bits per heavy atom. The van der Waals surface area contributed by atoms with Crippen molar-refractivity contribution in [3.05, 3.63) is 57.5 Å². The van der Waals surface area contributed by atoms with Crippen molar-refractivity contribution >= 4 is 23.4 Å². The van der Waals surface area contributed by atoms with Gasteiger partial charge in [-0.05, 0) is 30.7 Å². The summed E-state index contributed by atoms with van der Waals surface area (Å²) in [5.74, 6) is -1.52. The maximum absolute atomic E-state index is 13.8. The molecule has 3 nitrogen and oxygen atoms in total. The monoisotopic (exact) mass is 306 g/mol. The lowest BCUT2D eigenvalue weighted by molar-refractivity contribution is -0.131. The zero-order chi connectivity index (χ0) is 15.2. The Balaban J connectivity index is 2.16. The lowest BCUT2D eigenvalue weighted by Crippen LogP contribution is -1.98. The van der Waals surface area contributed by atoms with Crippen LogP contribution >= 0.6 is 11.3 Å². The fraction of sp³-hybridized carbons (Fsp3) is 0.188. The van der Waals surface area contributed by atoms with Crippen molar-refractivity contribution in [1.82, 2.24) is 0 Å². The van der Waals surface area contributed by atoms with Crippen LogP contribution in [-0.4, -0.2) is 11.1 Å². The molecule has 0 saturated heterocycles. The van der Waals surface area contributed by atoms with Crippen molar-refractivity contribution in [2.24, 2.45) is 0 Å². The number of benzene rings is 1. The normalized spacial score (nSPS) is 11.0. The first-order chi connectivity index (χ1) is 10.1. The van der Waals surface area contributed by atoms with E-state index in [4.69, 9.17) is 9.84 Å². The van der Waals surface area contributed by atoms with Gasteiger partial charge < -0.3 is 9.84 Å². The summed E-state index contributed by atoms with van der Waals surface area (Å²) >= 11 is 1.62. The molecule has 110 valence electrons. The molecule has 0 unspecified atom stereocenters. The highest BCUT2D eigenvalue weighted by Crippen LogP contribution is 2.26. The number of carboxylic acids is 1. The Kier molecular flexibility index (Phi) is 5.11. The Labute approximate surface area is 126 Å². The highest BCUT2D eigenvalue weighted by Gasteiger charge is 2.09. The minimum Gasteiger partial charge on any atom is -0.484 e. The van der Waals surface area contributed by atoms with Gasteiger partial charge in [0.05, 0.1) is 0 Å². The second-order valence-electron chi connectivity index (χ2n) is 4.34. The SMILES string of the molecule is CCc1ccc(COc2c(F)cccc2/C=C/C(=O)O)s1. The summed E-state index contributed by atoms with van der Waals surface area (Å²) in [5.41, 5.74) is 0.407. The highest BCUT2D eigenvalue weighted by atomic mass is 32.1. The largest absolute Gasteiger partial charge is 0.484 e. The molecule has 0 bridgehead atoms. The fourth-order valence-corrected chi connectivity index (χ4v) is 2.67. The molecule has 2 rings (SSSR count). The molecule has 0 aliphatic rings. The van der Waals surface area contributed by atoms with E-state index in [1.165, 1.54) is 23.1 Å². The highest BCUT2D eigenvalue weighted by molar-refractivity contribution is 7.11. The zero-order valence-corrected chi connectivity index (χ0v) is 12.3. The van der Waals surface area contributed by atoms with Crippen LogP contribution in [-0.2, 0) is 17.8 Å². The van der Waals surface area contributed by atoms with Crippen LogP contribution in [0.5, 0.6) is 5.75 Å². The number of thiophene rings is 1. The molecule has 5 heteroatoms. The quantitative estimate of drug-likeness (QED) is 0.816. The van der Waals surface area contributed by atoms with Gasteiger partial charge in [-0.1, -0.05) is 19.1 Å². The molecular weight excluding hydrogens is 291 g/mol. The predicted molar refractivity (Wildman–Crippen MR) is 81.1 cm³/mol. The molecule has 0 saturated carbocycles. The van der Waals surface area contributed by atoms with Crippen LogP contribution in [0.1, 0.15) is 22.2 Å². The van der Waals surface area contributed by atoms with Gasteiger partial charge in [-0.25, -0.2) is 9.18 Å². The summed E-state index contributed by atoms with van der Waals surface area (Å²) < 4.78 is 19.4. The number of carboxylic acid groups (broad SMARTS) is 1. The van der Waals surface area contributed by atoms with Gasteiger partial charge in [0.15, 0.2) is 11.6 Å². The average molecular weight is 306 g/mol. The van der Waals surface area contributed by atoms with E-state index in [1.54, 1.807) is 17.4 Å². The molecule has 1 aromatic carbocycles. The van der Waals surface area contributed by atoms with Crippen LogP contribution in [0.4, 0.5) is 4.39 Å². The third kappa shape index (κ3) is 4.16. The summed E-state index contributed by atoms with van der Waals surface area (Å²) in [4.78, 5) is 12.8. The maximum Gasteiger partial charge on any atom is 0.328 e. The van der Waals surface area contributed by atoms with Crippen molar-refractivity contribution in [3.63, 3.8) is 0 Å². The topological polar surface area (TPSA) is 46.5 Å². The van der Waals surface area contributed by atoms with Crippen molar-refractivity contribution in [2.75, 3.05) is 0 Å². The van der Waals surface area contributed by atoms with Crippen LogP contribution in [0.25, 0.3) is 6.08 Å². The van der Waals surface area contributed by atoms with Gasteiger partial charge >= 0.3 is 5.97 Å². The minimum absolute atomic E-state index is 0.0708. The predicted octanol–water partition coefficient (Wildman–Crippen LogP) is 4.13. The van der Waals surface area contributed by atoms with E-state index in [0.717, 1.165) is 17.4 Å². The second kappa shape index (κ2) is 7.04. The summed E-state index contributed by atoms with van der Waals surface area (Å²) in [6.45, 7) is 2.33. The number of aliphatic carboxylic acids is 1. The molecule has 1 aromatic heterocycles.